The van der Waals surface area contributed by atoms with E-state index in [0.29, 0.717) is 5.92 Å². The number of carbonyl (C=O) groups excluding carboxylic acids is 1. The lowest BCUT2D eigenvalue weighted by Crippen LogP contribution is -2.27. The van der Waals surface area contributed by atoms with Crippen molar-refractivity contribution >= 4 is 12.1 Å². The minimum Gasteiger partial charge on any atom is -0.272 e. The first-order valence-electron chi connectivity index (χ1n) is 2.80. The molecule has 0 spiro atoms. The standard InChI is InChI=1S/C6H9NO/c1-4(2)5-3-7-6(5)8/h3-5H,1-2H3/t5-/m0/s1. The molecule has 0 radical (unpaired) electrons. The fourth-order valence-electron chi connectivity index (χ4n) is 0.679. The van der Waals surface area contributed by atoms with Gasteiger partial charge < -0.3 is 0 Å². The predicted octanol–water partition coefficient (Wildman–Crippen LogP) is 0.870. The summed E-state index contributed by atoms with van der Waals surface area (Å²) in [6.07, 6.45) is 1.72. The highest BCUT2D eigenvalue weighted by Crippen LogP contribution is 2.15. The van der Waals surface area contributed by atoms with Gasteiger partial charge in [-0.3, -0.25) is 4.79 Å². The number of hydrogen-bond donors (Lipinski definition) is 0. The quantitative estimate of drug-likeness (QED) is 0.493. The molecule has 0 saturated carbocycles. The van der Waals surface area contributed by atoms with Gasteiger partial charge in [0.05, 0.1) is 5.92 Å². The maximum atomic E-state index is 10.5. The second kappa shape index (κ2) is 1.69. The van der Waals surface area contributed by atoms with E-state index in [1.165, 1.54) is 0 Å². The number of carbonyl (C=O) groups is 1. The molecule has 0 aromatic carbocycles. The normalized spacial score (nSPS) is 26.4. The second-order valence-corrected chi connectivity index (χ2v) is 2.39. The highest BCUT2D eigenvalue weighted by Gasteiger charge is 2.25. The molecule has 8 heavy (non-hydrogen) atoms. The average Bonchev–Trinajstić information content (AvgIpc) is 1.61. The monoisotopic (exact) mass is 111 g/mol. The van der Waals surface area contributed by atoms with Crippen LogP contribution in [-0.2, 0) is 4.79 Å². The fraction of sp³-hybridized carbons (Fsp3) is 0.667. The summed E-state index contributed by atoms with van der Waals surface area (Å²) < 4.78 is 0. The SMILES string of the molecule is CC(C)[C@@H]1C=NC1=O. The molecule has 0 fully saturated rings. The van der Waals surface area contributed by atoms with E-state index in [0.717, 1.165) is 0 Å². The lowest BCUT2D eigenvalue weighted by molar-refractivity contribution is -0.122. The van der Waals surface area contributed by atoms with E-state index in [-0.39, 0.29) is 11.8 Å². The van der Waals surface area contributed by atoms with Gasteiger partial charge in [0.25, 0.3) is 5.91 Å². The maximum absolute atomic E-state index is 10.5. The third-order valence-corrected chi connectivity index (χ3v) is 1.37. The lowest BCUT2D eigenvalue weighted by Gasteiger charge is -2.17. The predicted molar refractivity (Wildman–Crippen MR) is 31.8 cm³/mol. The van der Waals surface area contributed by atoms with Crippen LogP contribution in [-0.4, -0.2) is 12.1 Å². The summed E-state index contributed by atoms with van der Waals surface area (Å²) in [5, 5.41) is 0. The highest BCUT2D eigenvalue weighted by atomic mass is 16.2. The van der Waals surface area contributed by atoms with Crippen molar-refractivity contribution in [2.75, 3.05) is 0 Å². The van der Waals surface area contributed by atoms with E-state index in [4.69, 9.17) is 0 Å². The topological polar surface area (TPSA) is 29.4 Å². The summed E-state index contributed by atoms with van der Waals surface area (Å²) in [4.78, 5) is 14.0. The maximum Gasteiger partial charge on any atom is 0.254 e. The van der Waals surface area contributed by atoms with Crippen LogP contribution < -0.4 is 0 Å². The second-order valence-electron chi connectivity index (χ2n) is 2.39. The number of amides is 1. The zero-order chi connectivity index (χ0) is 6.15. The number of nitrogens with zero attached hydrogens (tertiary/aromatic N) is 1. The molecule has 2 heteroatoms. The minimum absolute atomic E-state index is 0.0417. The number of aliphatic imine (C=N–C) groups is 1. The molecule has 0 aromatic heterocycles. The molecule has 1 atom stereocenters. The smallest absolute Gasteiger partial charge is 0.254 e. The number of rotatable bonds is 1. The van der Waals surface area contributed by atoms with Crippen LogP contribution in [0.1, 0.15) is 13.8 Å². The third-order valence-electron chi connectivity index (χ3n) is 1.37. The summed E-state index contributed by atoms with van der Waals surface area (Å²) >= 11 is 0. The van der Waals surface area contributed by atoms with E-state index in [1.54, 1.807) is 6.21 Å². The van der Waals surface area contributed by atoms with Gasteiger partial charge in [0.2, 0.25) is 0 Å². The van der Waals surface area contributed by atoms with Crippen molar-refractivity contribution in [3.8, 4) is 0 Å². The molecule has 2 nitrogen and oxygen atoms in total. The highest BCUT2D eigenvalue weighted by molar-refractivity contribution is 6.07. The molecule has 1 heterocycles. The van der Waals surface area contributed by atoms with E-state index in [2.05, 4.69) is 4.99 Å². The Hall–Kier alpha value is -0.660. The van der Waals surface area contributed by atoms with Gasteiger partial charge in [0, 0.05) is 6.21 Å². The largest absolute Gasteiger partial charge is 0.272 e. The first kappa shape index (κ1) is 5.48. The molecular weight excluding hydrogens is 102 g/mol. The van der Waals surface area contributed by atoms with Crippen LogP contribution >= 0.6 is 0 Å². The Kier molecular flexibility index (Phi) is 1.16. The molecule has 0 saturated heterocycles. The van der Waals surface area contributed by atoms with Crippen molar-refractivity contribution in [1.29, 1.82) is 0 Å². The van der Waals surface area contributed by atoms with Gasteiger partial charge in [0.15, 0.2) is 0 Å². The summed E-state index contributed by atoms with van der Waals surface area (Å²) in [6, 6.07) is 0. The van der Waals surface area contributed by atoms with Crippen molar-refractivity contribution < 1.29 is 4.79 Å². The first-order chi connectivity index (χ1) is 3.72. The van der Waals surface area contributed by atoms with Gasteiger partial charge in [-0.25, -0.2) is 4.99 Å². The van der Waals surface area contributed by atoms with Crippen molar-refractivity contribution in [3.63, 3.8) is 0 Å². The molecule has 1 aliphatic rings. The van der Waals surface area contributed by atoms with Crippen LogP contribution in [0.15, 0.2) is 4.99 Å². The van der Waals surface area contributed by atoms with Crippen molar-refractivity contribution in [1.82, 2.24) is 0 Å². The lowest BCUT2D eigenvalue weighted by atomic mass is 9.93. The van der Waals surface area contributed by atoms with Crippen LogP contribution in [0, 0.1) is 11.8 Å². The van der Waals surface area contributed by atoms with E-state index in [9.17, 15) is 4.79 Å². The Morgan fingerprint density at radius 3 is 2.38 bits per heavy atom. The minimum atomic E-state index is 0.0417. The van der Waals surface area contributed by atoms with E-state index >= 15 is 0 Å². The molecule has 0 bridgehead atoms. The van der Waals surface area contributed by atoms with Gasteiger partial charge in [-0.2, -0.15) is 0 Å². The summed E-state index contributed by atoms with van der Waals surface area (Å²) in [5.74, 6) is 0.593. The Bertz CT molecular complexity index is 137. The zero-order valence-electron chi connectivity index (χ0n) is 5.09. The molecule has 0 unspecified atom stereocenters. The fourth-order valence-corrected chi connectivity index (χ4v) is 0.679. The molecule has 1 aliphatic heterocycles. The zero-order valence-corrected chi connectivity index (χ0v) is 5.09. The summed E-state index contributed by atoms with van der Waals surface area (Å²) in [5.41, 5.74) is 0. The van der Waals surface area contributed by atoms with E-state index < -0.39 is 0 Å². The number of hydrogen-bond acceptors (Lipinski definition) is 1. The van der Waals surface area contributed by atoms with Crippen molar-refractivity contribution in [2.45, 2.75) is 13.8 Å². The van der Waals surface area contributed by atoms with Crippen LogP contribution in [0.2, 0.25) is 0 Å². The first-order valence-corrected chi connectivity index (χ1v) is 2.80. The van der Waals surface area contributed by atoms with Crippen molar-refractivity contribution in [3.05, 3.63) is 0 Å². The van der Waals surface area contributed by atoms with Crippen LogP contribution in [0.5, 0.6) is 0 Å². The van der Waals surface area contributed by atoms with Gasteiger partial charge in [-0.05, 0) is 5.92 Å². The Morgan fingerprint density at radius 2 is 2.38 bits per heavy atom. The Labute approximate surface area is 48.6 Å². The molecule has 1 amide bonds. The molecule has 0 aromatic rings. The molecular formula is C6H9NO. The average molecular weight is 111 g/mol. The molecule has 44 valence electrons. The van der Waals surface area contributed by atoms with Crippen LogP contribution in [0.3, 0.4) is 0 Å². The molecule has 0 aliphatic carbocycles. The van der Waals surface area contributed by atoms with Gasteiger partial charge in [0.1, 0.15) is 0 Å². The van der Waals surface area contributed by atoms with Crippen LogP contribution in [0.25, 0.3) is 0 Å². The Morgan fingerprint density at radius 1 is 1.75 bits per heavy atom. The van der Waals surface area contributed by atoms with Gasteiger partial charge in [-0.1, -0.05) is 13.8 Å². The molecule has 0 N–H and O–H groups in total. The summed E-state index contributed by atoms with van der Waals surface area (Å²) in [6.45, 7) is 4.04. The van der Waals surface area contributed by atoms with Gasteiger partial charge >= 0.3 is 0 Å². The summed E-state index contributed by atoms with van der Waals surface area (Å²) in [7, 11) is 0. The third kappa shape index (κ3) is 0.661. The van der Waals surface area contributed by atoms with Crippen LogP contribution in [0.4, 0.5) is 0 Å². The van der Waals surface area contributed by atoms with Gasteiger partial charge in [-0.15, -0.1) is 0 Å². The molecule has 1 rings (SSSR count). The van der Waals surface area contributed by atoms with Crippen molar-refractivity contribution in [2.24, 2.45) is 16.8 Å². The Balaban J connectivity index is 2.53. The van der Waals surface area contributed by atoms with E-state index in [1.807, 2.05) is 13.8 Å².